The summed E-state index contributed by atoms with van der Waals surface area (Å²) in [5.74, 6) is 0.920. The fraction of sp³-hybridized carbons (Fsp3) is 0.600. The molecule has 0 spiro atoms. The van der Waals surface area contributed by atoms with E-state index in [4.69, 9.17) is 9.47 Å². The molecule has 0 heterocycles. The predicted molar refractivity (Wildman–Crippen MR) is 75.1 cm³/mol. The van der Waals surface area contributed by atoms with Crippen LogP contribution in [0.25, 0.3) is 0 Å². The molecular weight excluding hydrogens is 226 g/mol. The van der Waals surface area contributed by atoms with Crippen LogP contribution in [0.1, 0.15) is 38.8 Å². The molecule has 1 rings (SSSR count). The Morgan fingerprint density at radius 2 is 1.72 bits per heavy atom. The van der Waals surface area contributed by atoms with E-state index in [1.165, 1.54) is 5.56 Å². The second-order valence-corrected chi connectivity index (χ2v) is 4.86. The normalized spacial score (nSPS) is 14.6. The van der Waals surface area contributed by atoms with Gasteiger partial charge in [0.1, 0.15) is 5.75 Å². The van der Waals surface area contributed by atoms with Gasteiger partial charge in [0, 0.05) is 13.2 Å². The second-order valence-electron chi connectivity index (χ2n) is 4.86. The Morgan fingerprint density at radius 1 is 1.11 bits per heavy atom. The van der Waals surface area contributed by atoms with Crippen molar-refractivity contribution in [1.29, 1.82) is 0 Å². The molecule has 18 heavy (non-hydrogen) atoms. The summed E-state index contributed by atoms with van der Waals surface area (Å²) in [4.78, 5) is 0. The van der Waals surface area contributed by atoms with Crippen LogP contribution in [0, 0.1) is 0 Å². The zero-order valence-electron chi connectivity index (χ0n) is 12.1. The SMILES string of the molecule is CNC(CC(C)OC)c1ccc(OC(C)C)cc1. The van der Waals surface area contributed by atoms with Gasteiger partial charge < -0.3 is 14.8 Å². The van der Waals surface area contributed by atoms with Crippen molar-refractivity contribution in [3.63, 3.8) is 0 Å². The first-order valence-electron chi connectivity index (χ1n) is 6.53. The smallest absolute Gasteiger partial charge is 0.119 e. The number of hydrogen-bond donors (Lipinski definition) is 1. The molecule has 2 atom stereocenters. The highest BCUT2D eigenvalue weighted by atomic mass is 16.5. The Balaban J connectivity index is 2.69. The maximum atomic E-state index is 5.64. The van der Waals surface area contributed by atoms with Crippen LogP contribution >= 0.6 is 0 Å². The summed E-state index contributed by atoms with van der Waals surface area (Å²) in [7, 11) is 3.72. The van der Waals surface area contributed by atoms with E-state index in [1.807, 2.05) is 33.0 Å². The summed E-state index contributed by atoms with van der Waals surface area (Å²) >= 11 is 0. The molecule has 0 radical (unpaired) electrons. The van der Waals surface area contributed by atoms with E-state index in [2.05, 4.69) is 24.4 Å². The molecule has 0 aliphatic rings. The van der Waals surface area contributed by atoms with E-state index in [-0.39, 0.29) is 12.2 Å². The third kappa shape index (κ3) is 4.67. The van der Waals surface area contributed by atoms with Gasteiger partial charge >= 0.3 is 0 Å². The molecule has 0 aliphatic heterocycles. The molecule has 2 unspecified atom stereocenters. The van der Waals surface area contributed by atoms with Crippen molar-refractivity contribution < 1.29 is 9.47 Å². The largest absolute Gasteiger partial charge is 0.491 e. The van der Waals surface area contributed by atoms with Crippen molar-refractivity contribution in [3.8, 4) is 5.75 Å². The van der Waals surface area contributed by atoms with Crippen molar-refractivity contribution >= 4 is 0 Å². The summed E-state index contributed by atoms with van der Waals surface area (Å²) in [6.45, 7) is 6.15. The van der Waals surface area contributed by atoms with Gasteiger partial charge in [-0.3, -0.25) is 0 Å². The van der Waals surface area contributed by atoms with E-state index in [1.54, 1.807) is 7.11 Å². The van der Waals surface area contributed by atoms with Crippen LogP contribution in [0.3, 0.4) is 0 Å². The fourth-order valence-corrected chi connectivity index (χ4v) is 1.90. The van der Waals surface area contributed by atoms with Crippen LogP contribution in [0.2, 0.25) is 0 Å². The Bertz CT molecular complexity index is 335. The Kier molecular flexibility index (Phi) is 6.16. The van der Waals surface area contributed by atoms with Crippen molar-refractivity contribution in [2.75, 3.05) is 14.2 Å². The molecule has 0 aromatic heterocycles. The second kappa shape index (κ2) is 7.39. The highest BCUT2D eigenvalue weighted by Crippen LogP contribution is 2.22. The summed E-state index contributed by atoms with van der Waals surface area (Å²) in [5.41, 5.74) is 1.26. The van der Waals surface area contributed by atoms with E-state index < -0.39 is 0 Å². The molecule has 3 nitrogen and oxygen atoms in total. The maximum Gasteiger partial charge on any atom is 0.119 e. The van der Waals surface area contributed by atoms with Gasteiger partial charge in [-0.2, -0.15) is 0 Å². The number of benzene rings is 1. The predicted octanol–water partition coefficient (Wildman–Crippen LogP) is 3.16. The van der Waals surface area contributed by atoms with Gasteiger partial charge in [0.15, 0.2) is 0 Å². The summed E-state index contributed by atoms with van der Waals surface area (Å²) in [6, 6.07) is 8.59. The maximum absolute atomic E-state index is 5.64. The lowest BCUT2D eigenvalue weighted by Gasteiger charge is -2.20. The molecule has 1 aromatic rings. The molecule has 1 N–H and O–H groups in total. The number of hydrogen-bond acceptors (Lipinski definition) is 3. The van der Waals surface area contributed by atoms with Crippen LogP contribution in [0.5, 0.6) is 5.75 Å². The van der Waals surface area contributed by atoms with Crippen LogP contribution < -0.4 is 10.1 Å². The standard InChI is InChI=1S/C15H25NO2/c1-11(2)18-14-8-6-13(7-9-14)15(16-4)10-12(3)17-5/h6-9,11-12,15-16H,10H2,1-5H3. The zero-order valence-corrected chi connectivity index (χ0v) is 12.1. The number of rotatable bonds is 7. The fourth-order valence-electron chi connectivity index (χ4n) is 1.90. The van der Waals surface area contributed by atoms with Crippen LogP contribution in [0.4, 0.5) is 0 Å². The van der Waals surface area contributed by atoms with Crippen molar-refractivity contribution in [2.24, 2.45) is 0 Å². The molecular formula is C15H25NO2. The molecule has 0 saturated carbocycles. The zero-order chi connectivity index (χ0) is 13.5. The van der Waals surface area contributed by atoms with Crippen molar-refractivity contribution in [3.05, 3.63) is 29.8 Å². The Labute approximate surface area is 110 Å². The van der Waals surface area contributed by atoms with Gasteiger partial charge in [-0.1, -0.05) is 12.1 Å². The highest BCUT2D eigenvalue weighted by molar-refractivity contribution is 5.29. The first-order chi connectivity index (χ1) is 8.56. The van der Waals surface area contributed by atoms with E-state index >= 15 is 0 Å². The van der Waals surface area contributed by atoms with Gasteiger partial charge in [0.2, 0.25) is 0 Å². The molecule has 0 aliphatic carbocycles. The average Bonchev–Trinajstić information content (AvgIpc) is 2.36. The molecule has 3 heteroatoms. The number of nitrogens with one attached hydrogen (secondary N) is 1. The first kappa shape index (κ1) is 15.0. The molecule has 0 bridgehead atoms. The minimum atomic E-state index is 0.212. The Morgan fingerprint density at radius 3 is 2.17 bits per heavy atom. The minimum absolute atomic E-state index is 0.212. The minimum Gasteiger partial charge on any atom is -0.491 e. The average molecular weight is 251 g/mol. The van der Waals surface area contributed by atoms with E-state index in [0.717, 1.165) is 12.2 Å². The van der Waals surface area contributed by atoms with Gasteiger partial charge in [0.05, 0.1) is 12.2 Å². The lowest BCUT2D eigenvalue weighted by atomic mass is 10.0. The molecule has 0 saturated heterocycles. The lowest BCUT2D eigenvalue weighted by Crippen LogP contribution is -2.21. The lowest BCUT2D eigenvalue weighted by molar-refractivity contribution is 0.101. The summed E-state index contributed by atoms with van der Waals surface area (Å²) in [6.07, 6.45) is 1.41. The van der Waals surface area contributed by atoms with E-state index in [0.29, 0.717) is 6.04 Å². The number of ether oxygens (including phenoxy) is 2. The van der Waals surface area contributed by atoms with Crippen LogP contribution in [-0.4, -0.2) is 26.4 Å². The first-order valence-corrected chi connectivity index (χ1v) is 6.53. The van der Waals surface area contributed by atoms with Gasteiger partial charge in [0.25, 0.3) is 0 Å². The third-order valence-electron chi connectivity index (χ3n) is 2.97. The third-order valence-corrected chi connectivity index (χ3v) is 2.97. The topological polar surface area (TPSA) is 30.5 Å². The molecule has 0 fully saturated rings. The monoisotopic (exact) mass is 251 g/mol. The molecule has 1 aromatic carbocycles. The molecule has 0 amide bonds. The van der Waals surface area contributed by atoms with Crippen molar-refractivity contribution in [2.45, 2.75) is 45.4 Å². The van der Waals surface area contributed by atoms with Gasteiger partial charge in [-0.25, -0.2) is 0 Å². The van der Waals surface area contributed by atoms with Gasteiger partial charge in [-0.05, 0) is 51.9 Å². The quantitative estimate of drug-likeness (QED) is 0.807. The Hall–Kier alpha value is -1.06. The van der Waals surface area contributed by atoms with Crippen LogP contribution in [0.15, 0.2) is 24.3 Å². The van der Waals surface area contributed by atoms with Crippen molar-refractivity contribution in [1.82, 2.24) is 5.32 Å². The molecule has 102 valence electrons. The van der Waals surface area contributed by atoms with Gasteiger partial charge in [-0.15, -0.1) is 0 Å². The van der Waals surface area contributed by atoms with E-state index in [9.17, 15) is 0 Å². The summed E-state index contributed by atoms with van der Waals surface area (Å²) in [5, 5.41) is 3.32. The highest BCUT2D eigenvalue weighted by Gasteiger charge is 2.13. The van der Waals surface area contributed by atoms with Crippen LogP contribution in [-0.2, 0) is 4.74 Å². The number of methoxy groups -OCH3 is 1. The summed E-state index contributed by atoms with van der Waals surface area (Å²) < 4.78 is 11.0.